The summed E-state index contributed by atoms with van der Waals surface area (Å²) in [4.78, 5) is 0. The number of hydrogen-bond donors (Lipinski definition) is 1. The summed E-state index contributed by atoms with van der Waals surface area (Å²) in [5.41, 5.74) is 2.58. The van der Waals surface area contributed by atoms with Crippen LogP contribution in [0.25, 0.3) is 0 Å². The largest absolute Gasteiger partial charge is 0.496 e. The third kappa shape index (κ3) is 3.98. The molecule has 21 heavy (non-hydrogen) atoms. The van der Waals surface area contributed by atoms with E-state index in [2.05, 4.69) is 44.3 Å². The minimum atomic E-state index is 0.393. The lowest BCUT2D eigenvalue weighted by Crippen LogP contribution is -2.41. The summed E-state index contributed by atoms with van der Waals surface area (Å²) < 4.78 is 11.4. The summed E-state index contributed by atoms with van der Waals surface area (Å²) in [6, 6.07) is 6.90. The Bertz CT molecular complexity index is 447. The van der Waals surface area contributed by atoms with Gasteiger partial charge in [-0.1, -0.05) is 31.5 Å². The number of aryl methyl sites for hydroxylation is 1. The second kappa shape index (κ2) is 7.81. The lowest BCUT2D eigenvalue weighted by molar-refractivity contribution is 0.0776. The van der Waals surface area contributed by atoms with E-state index in [0.717, 1.165) is 38.2 Å². The summed E-state index contributed by atoms with van der Waals surface area (Å²) in [6.45, 7) is 8.43. The molecule has 1 aromatic rings. The molecule has 2 rings (SSSR count). The smallest absolute Gasteiger partial charge is 0.122 e. The lowest BCUT2D eigenvalue weighted by atomic mass is 9.86. The summed E-state index contributed by atoms with van der Waals surface area (Å²) in [5, 5.41) is 3.67. The SMILES string of the molecule is CCNC(Cc1cc(C)ccc1OC)C1CCOC1CC. The second-order valence-electron chi connectivity index (χ2n) is 5.95. The van der Waals surface area contributed by atoms with E-state index >= 15 is 0 Å². The van der Waals surface area contributed by atoms with E-state index in [-0.39, 0.29) is 0 Å². The van der Waals surface area contributed by atoms with Crippen LogP contribution in [-0.2, 0) is 11.2 Å². The van der Waals surface area contributed by atoms with Crippen molar-refractivity contribution in [2.24, 2.45) is 5.92 Å². The number of likely N-dealkylation sites (N-methyl/N-ethyl adjacent to an activating group) is 1. The second-order valence-corrected chi connectivity index (χ2v) is 5.95. The van der Waals surface area contributed by atoms with Gasteiger partial charge in [-0.05, 0) is 44.4 Å². The average Bonchev–Trinajstić information content (AvgIpc) is 2.95. The molecular formula is C18H29NO2. The molecule has 1 fully saturated rings. The zero-order valence-electron chi connectivity index (χ0n) is 13.8. The number of nitrogens with one attached hydrogen (secondary N) is 1. The Morgan fingerprint density at radius 1 is 1.38 bits per heavy atom. The van der Waals surface area contributed by atoms with Gasteiger partial charge < -0.3 is 14.8 Å². The van der Waals surface area contributed by atoms with Crippen molar-refractivity contribution in [3.63, 3.8) is 0 Å². The lowest BCUT2D eigenvalue weighted by Gasteiger charge is -2.28. The molecule has 0 spiro atoms. The van der Waals surface area contributed by atoms with Crippen LogP contribution >= 0.6 is 0 Å². The molecule has 1 N–H and O–H groups in total. The number of ether oxygens (including phenoxy) is 2. The Balaban J connectivity index is 2.17. The number of methoxy groups -OCH3 is 1. The van der Waals surface area contributed by atoms with Crippen molar-refractivity contribution in [1.29, 1.82) is 0 Å². The molecule has 0 radical (unpaired) electrons. The summed E-state index contributed by atoms with van der Waals surface area (Å²) in [6.07, 6.45) is 3.65. The minimum Gasteiger partial charge on any atom is -0.496 e. The minimum absolute atomic E-state index is 0.393. The van der Waals surface area contributed by atoms with E-state index in [0.29, 0.717) is 18.1 Å². The van der Waals surface area contributed by atoms with E-state index in [1.54, 1.807) is 7.11 Å². The van der Waals surface area contributed by atoms with Gasteiger partial charge in [-0.3, -0.25) is 0 Å². The van der Waals surface area contributed by atoms with Crippen LogP contribution in [0, 0.1) is 12.8 Å². The van der Waals surface area contributed by atoms with Gasteiger partial charge in [0.1, 0.15) is 5.75 Å². The molecule has 1 heterocycles. The Hall–Kier alpha value is -1.06. The summed E-state index contributed by atoms with van der Waals surface area (Å²) in [5.74, 6) is 1.59. The summed E-state index contributed by atoms with van der Waals surface area (Å²) in [7, 11) is 1.75. The highest BCUT2D eigenvalue weighted by Crippen LogP contribution is 2.30. The van der Waals surface area contributed by atoms with Gasteiger partial charge in [0.15, 0.2) is 0 Å². The summed E-state index contributed by atoms with van der Waals surface area (Å²) >= 11 is 0. The van der Waals surface area contributed by atoms with E-state index in [1.165, 1.54) is 11.1 Å². The standard InChI is InChI=1S/C18H29NO2/c1-5-17-15(9-10-21-17)16(19-6-2)12-14-11-13(3)7-8-18(14)20-4/h7-8,11,15-17,19H,5-6,9-10,12H2,1-4H3. The molecule has 3 unspecified atom stereocenters. The quantitative estimate of drug-likeness (QED) is 0.836. The predicted molar refractivity (Wildman–Crippen MR) is 87.0 cm³/mol. The maximum Gasteiger partial charge on any atom is 0.122 e. The van der Waals surface area contributed by atoms with Crippen molar-refractivity contribution >= 4 is 0 Å². The number of benzene rings is 1. The fraction of sp³-hybridized carbons (Fsp3) is 0.667. The molecule has 1 aliphatic heterocycles. The molecule has 3 nitrogen and oxygen atoms in total. The van der Waals surface area contributed by atoms with Crippen molar-refractivity contribution in [3.05, 3.63) is 29.3 Å². The fourth-order valence-corrected chi connectivity index (χ4v) is 3.49. The molecule has 0 saturated carbocycles. The molecule has 1 saturated heterocycles. The molecule has 0 bridgehead atoms. The van der Waals surface area contributed by atoms with Gasteiger partial charge >= 0.3 is 0 Å². The molecule has 3 atom stereocenters. The van der Waals surface area contributed by atoms with Gasteiger partial charge in [-0.15, -0.1) is 0 Å². The maximum absolute atomic E-state index is 5.89. The molecule has 118 valence electrons. The zero-order chi connectivity index (χ0) is 15.2. The van der Waals surface area contributed by atoms with Crippen LogP contribution in [0.4, 0.5) is 0 Å². The molecular weight excluding hydrogens is 262 g/mol. The zero-order valence-corrected chi connectivity index (χ0v) is 13.8. The molecule has 0 aliphatic carbocycles. The highest BCUT2D eigenvalue weighted by molar-refractivity contribution is 5.37. The van der Waals surface area contributed by atoms with Gasteiger partial charge in [0, 0.05) is 18.6 Å². The van der Waals surface area contributed by atoms with Crippen LogP contribution in [0.2, 0.25) is 0 Å². The average molecular weight is 291 g/mol. The van der Waals surface area contributed by atoms with E-state index in [1.807, 2.05) is 0 Å². The van der Waals surface area contributed by atoms with Gasteiger partial charge in [-0.2, -0.15) is 0 Å². The first-order valence-corrected chi connectivity index (χ1v) is 8.18. The monoisotopic (exact) mass is 291 g/mol. The van der Waals surface area contributed by atoms with E-state index < -0.39 is 0 Å². The van der Waals surface area contributed by atoms with Crippen LogP contribution in [0.3, 0.4) is 0 Å². The Morgan fingerprint density at radius 2 is 2.19 bits per heavy atom. The number of hydrogen-bond acceptors (Lipinski definition) is 3. The predicted octanol–water partition coefficient (Wildman–Crippen LogP) is 3.34. The first-order valence-electron chi connectivity index (χ1n) is 8.18. The number of rotatable bonds is 7. The normalized spacial score (nSPS) is 23.2. The highest BCUT2D eigenvalue weighted by Gasteiger charge is 2.33. The Kier molecular flexibility index (Phi) is 6.07. The third-order valence-corrected chi connectivity index (χ3v) is 4.52. The van der Waals surface area contributed by atoms with E-state index in [9.17, 15) is 0 Å². The topological polar surface area (TPSA) is 30.5 Å². The van der Waals surface area contributed by atoms with Crippen molar-refractivity contribution in [2.45, 2.75) is 52.2 Å². The highest BCUT2D eigenvalue weighted by atomic mass is 16.5. The van der Waals surface area contributed by atoms with Gasteiger partial charge in [0.05, 0.1) is 13.2 Å². The van der Waals surface area contributed by atoms with Crippen LogP contribution in [0.1, 0.15) is 37.8 Å². The first kappa shape index (κ1) is 16.3. The molecule has 1 aliphatic rings. The van der Waals surface area contributed by atoms with Crippen LogP contribution in [-0.4, -0.2) is 32.4 Å². The Labute approximate surface area is 129 Å². The van der Waals surface area contributed by atoms with Gasteiger partial charge in [-0.25, -0.2) is 0 Å². The van der Waals surface area contributed by atoms with Gasteiger partial charge in [0.2, 0.25) is 0 Å². The maximum atomic E-state index is 5.89. The molecule has 0 amide bonds. The molecule has 3 heteroatoms. The van der Waals surface area contributed by atoms with Crippen molar-refractivity contribution in [1.82, 2.24) is 5.32 Å². The van der Waals surface area contributed by atoms with Crippen LogP contribution in [0.15, 0.2) is 18.2 Å². The third-order valence-electron chi connectivity index (χ3n) is 4.52. The van der Waals surface area contributed by atoms with E-state index in [4.69, 9.17) is 9.47 Å². The first-order chi connectivity index (χ1) is 10.2. The van der Waals surface area contributed by atoms with Crippen molar-refractivity contribution in [3.8, 4) is 5.75 Å². The van der Waals surface area contributed by atoms with Crippen LogP contribution in [0.5, 0.6) is 5.75 Å². The Morgan fingerprint density at radius 3 is 2.86 bits per heavy atom. The fourth-order valence-electron chi connectivity index (χ4n) is 3.49. The molecule has 0 aromatic heterocycles. The van der Waals surface area contributed by atoms with Crippen molar-refractivity contribution < 1.29 is 9.47 Å². The van der Waals surface area contributed by atoms with Crippen molar-refractivity contribution in [2.75, 3.05) is 20.3 Å². The van der Waals surface area contributed by atoms with Gasteiger partial charge in [0.25, 0.3) is 0 Å². The van der Waals surface area contributed by atoms with Crippen LogP contribution < -0.4 is 10.1 Å². The molecule has 1 aromatic carbocycles.